The number of rotatable bonds is 7. The van der Waals surface area contributed by atoms with E-state index in [9.17, 15) is 18.0 Å². The van der Waals surface area contributed by atoms with Gasteiger partial charge in [0.15, 0.2) is 0 Å². The van der Waals surface area contributed by atoms with Crippen molar-refractivity contribution in [3.05, 3.63) is 48.5 Å². The van der Waals surface area contributed by atoms with Crippen LogP contribution < -0.4 is 15.0 Å². The Morgan fingerprint density at radius 1 is 1.09 bits per heavy atom. The number of benzene rings is 2. The molecule has 1 aliphatic rings. The molecule has 34 heavy (non-hydrogen) atoms. The van der Waals surface area contributed by atoms with Gasteiger partial charge in [0.05, 0.1) is 24.2 Å². The van der Waals surface area contributed by atoms with Gasteiger partial charge in [-0.05, 0) is 65.9 Å². The topological polar surface area (TPSA) is 94.4 Å². The summed E-state index contributed by atoms with van der Waals surface area (Å²) in [7, 11) is 0. The molecule has 2 aromatic carbocycles. The molecule has 1 amide bonds. The van der Waals surface area contributed by atoms with Crippen molar-refractivity contribution in [3.8, 4) is 11.4 Å². The van der Waals surface area contributed by atoms with Crippen LogP contribution in [0.2, 0.25) is 0 Å². The first-order valence-electron chi connectivity index (χ1n) is 10.3. The Bertz CT molecular complexity index is 1100. The molecule has 0 aliphatic carbocycles. The number of hydrogen-bond acceptors (Lipinski definition) is 8. The first-order valence-corrected chi connectivity index (χ1v) is 11.2. The van der Waals surface area contributed by atoms with Gasteiger partial charge in [-0.1, -0.05) is 11.8 Å². The molecule has 0 spiro atoms. The summed E-state index contributed by atoms with van der Waals surface area (Å²) >= 11 is 1.12. The van der Waals surface area contributed by atoms with Crippen molar-refractivity contribution in [3.63, 3.8) is 0 Å². The summed E-state index contributed by atoms with van der Waals surface area (Å²) in [6, 6.07) is 12.7. The number of aromatic nitrogens is 4. The lowest BCUT2D eigenvalue weighted by atomic mass is 10.2. The van der Waals surface area contributed by atoms with Crippen LogP contribution in [0.4, 0.5) is 24.5 Å². The highest BCUT2D eigenvalue weighted by atomic mass is 32.2. The number of amides is 1. The molecule has 0 saturated carbocycles. The minimum absolute atomic E-state index is 0.243. The summed E-state index contributed by atoms with van der Waals surface area (Å²) in [6.45, 7) is 4.75. The molecule has 1 saturated heterocycles. The van der Waals surface area contributed by atoms with E-state index in [0.29, 0.717) is 29.7 Å². The normalized spacial score (nSPS) is 15.1. The molecule has 1 N–H and O–H groups in total. The summed E-state index contributed by atoms with van der Waals surface area (Å²) in [4.78, 5) is 14.9. The summed E-state index contributed by atoms with van der Waals surface area (Å²) in [6.07, 6.45) is -4.77. The van der Waals surface area contributed by atoms with E-state index in [1.54, 1.807) is 6.92 Å². The lowest BCUT2D eigenvalue weighted by Crippen LogP contribution is -2.36. The molecule has 1 aromatic heterocycles. The second-order valence-electron chi connectivity index (χ2n) is 7.31. The van der Waals surface area contributed by atoms with Crippen molar-refractivity contribution in [1.29, 1.82) is 0 Å². The highest BCUT2D eigenvalue weighted by Gasteiger charge is 2.31. The van der Waals surface area contributed by atoms with Crippen LogP contribution in [0.15, 0.2) is 53.7 Å². The van der Waals surface area contributed by atoms with Crippen molar-refractivity contribution in [2.24, 2.45) is 0 Å². The minimum Gasteiger partial charge on any atom is -0.406 e. The van der Waals surface area contributed by atoms with Crippen molar-refractivity contribution < 1.29 is 27.4 Å². The third-order valence-electron chi connectivity index (χ3n) is 4.92. The van der Waals surface area contributed by atoms with E-state index >= 15 is 0 Å². The van der Waals surface area contributed by atoms with Crippen molar-refractivity contribution >= 4 is 29.0 Å². The number of carbonyl (C=O) groups excluding carboxylic acids is 1. The van der Waals surface area contributed by atoms with Crippen molar-refractivity contribution in [2.45, 2.75) is 23.7 Å². The predicted molar refractivity (Wildman–Crippen MR) is 119 cm³/mol. The SMILES string of the molecule is CC(Sc1nnnn1-c1ccc(OC(F)(F)F)cc1)C(=O)Nc1ccc(N2CCOCC2)cc1. The molecule has 0 bridgehead atoms. The first kappa shape index (κ1) is 23.8. The van der Waals surface area contributed by atoms with Crippen LogP contribution >= 0.6 is 11.8 Å². The van der Waals surface area contributed by atoms with Crippen LogP contribution in [0.3, 0.4) is 0 Å². The minimum atomic E-state index is -4.77. The zero-order chi connectivity index (χ0) is 24.1. The third kappa shape index (κ3) is 6.17. The Morgan fingerprint density at radius 2 is 1.74 bits per heavy atom. The van der Waals surface area contributed by atoms with Gasteiger partial charge in [-0.3, -0.25) is 4.79 Å². The van der Waals surface area contributed by atoms with Gasteiger partial charge in [0.1, 0.15) is 5.75 Å². The number of nitrogens with one attached hydrogen (secondary N) is 1. The van der Waals surface area contributed by atoms with E-state index in [4.69, 9.17) is 4.74 Å². The fraction of sp³-hybridized carbons (Fsp3) is 0.333. The van der Waals surface area contributed by atoms with Crippen LogP contribution in [-0.4, -0.2) is 64.0 Å². The lowest BCUT2D eigenvalue weighted by Gasteiger charge is -2.28. The maximum Gasteiger partial charge on any atom is 0.573 e. The van der Waals surface area contributed by atoms with Gasteiger partial charge in [0.2, 0.25) is 11.1 Å². The van der Waals surface area contributed by atoms with E-state index in [2.05, 4.69) is 30.5 Å². The highest BCUT2D eigenvalue weighted by Crippen LogP contribution is 2.27. The number of morpholine rings is 1. The van der Waals surface area contributed by atoms with Crippen LogP contribution in [0.5, 0.6) is 5.75 Å². The average Bonchev–Trinajstić information content (AvgIpc) is 3.27. The summed E-state index contributed by atoms with van der Waals surface area (Å²) in [5.41, 5.74) is 2.15. The smallest absolute Gasteiger partial charge is 0.406 e. The van der Waals surface area contributed by atoms with Gasteiger partial charge >= 0.3 is 6.36 Å². The molecule has 180 valence electrons. The Hall–Kier alpha value is -3.32. The molecule has 0 radical (unpaired) electrons. The number of anilines is 2. The van der Waals surface area contributed by atoms with Gasteiger partial charge in [-0.25, -0.2) is 0 Å². The number of ether oxygens (including phenoxy) is 2. The largest absolute Gasteiger partial charge is 0.573 e. The van der Waals surface area contributed by atoms with Crippen molar-refractivity contribution in [1.82, 2.24) is 20.2 Å². The van der Waals surface area contributed by atoms with Gasteiger partial charge in [-0.2, -0.15) is 4.68 Å². The average molecular weight is 494 g/mol. The molecule has 1 unspecified atom stereocenters. The number of hydrogen-bond donors (Lipinski definition) is 1. The monoisotopic (exact) mass is 494 g/mol. The second kappa shape index (κ2) is 10.3. The molecule has 4 rings (SSSR count). The number of carbonyl (C=O) groups is 1. The third-order valence-corrected chi connectivity index (χ3v) is 5.95. The Labute approximate surface area is 197 Å². The molecule has 1 aliphatic heterocycles. The van der Waals surface area contributed by atoms with E-state index < -0.39 is 11.6 Å². The van der Waals surface area contributed by atoms with Gasteiger partial charge in [0, 0.05) is 24.5 Å². The summed E-state index contributed by atoms with van der Waals surface area (Å²) < 4.78 is 47.6. The molecule has 2 heterocycles. The molecule has 9 nitrogen and oxygen atoms in total. The lowest BCUT2D eigenvalue weighted by molar-refractivity contribution is -0.274. The van der Waals surface area contributed by atoms with Crippen molar-refractivity contribution in [2.75, 3.05) is 36.5 Å². The summed E-state index contributed by atoms with van der Waals surface area (Å²) in [5.74, 6) is -0.599. The van der Waals surface area contributed by atoms with E-state index in [1.165, 1.54) is 16.8 Å². The van der Waals surface area contributed by atoms with Gasteiger partial charge < -0.3 is 19.7 Å². The maximum atomic E-state index is 12.7. The van der Waals surface area contributed by atoms with E-state index in [1.807, 2.05) is 24.3 Å². The van der Waals surface area contributed by atoms with Crippen LogP contribution in [0.25, 0.3) is 5.69 Å². The molecule has 13 heteroatoms. The highest BCUT2D eigenvalue weighted by molar-refractivity contribution is 8.00. The zero-order valence-corrected chi connectivity index (χ0v) is 18.8. The number of halogens is 3. The fourth-order valence-electron chi connectivity index (χ4n) is 3.24. The first-order chi connectivity index (χ1) is 16.3. The molecule has 1 atom stereocenters. The van der Waals surface area contributed by atoms with Crippen LogP contribution in [-0.2, 0) is 9.53 Å². The van der Waals surface area contributed by atoms with Crippen LogP contribution in [0, 0.1) is 0 Å². The quantitative estimate of drug-likeness (QED) is 0.499. The van der Waals surface area contributed by atoms with Crippen LogP contribution in [0.1, 0.15) is 6.92 Å². The maximum absolute atomic E-state index is 12.7. The number of nitrogens with zero attached hydrogens (tertiary/aromatic N) is 5. The van der Waals surface area contributed by atoms with Gasteiger partial charge in [0.25, 0.3) is 0 Å². The fourth-order valence-corrected chi connectivity index (χ4v) is 4.04. The Balaban J connectivity index is 1.36. The standard InChI is InChI=1S/C21H21F3N6O3S/c1-14(19(31)25-15-2-4-16(5-3-15)29-10-12-32-13-11-29)34-20-26-27-28-30(20)17-6-8-18(9-7-17)33-21(22,23)24/h2-9,14H,10-13H2,1H3,(H,25,31). The predicted octanol–water partition coefficient (Wildman–Crippen LogP) is 3.52. The molecule has 1 fully saturated rings. The van der Waals surface area contributed by atoms with E-state index in [-0.39, 0.29) is 11.7 Å². The Morgan fingerprint density at radius 3 is 2.38 bits per heavy atom. The second-order valence-corrected chi connectivity index (χ2v) is 8.62. The number of thioether (sulfide) groups is 1. The molecular formula is C21H21F3N6O3S. The number of tetrazole rings is 1. The van der Waals surface area contributed by atoms with Gasteiger partial charge in [-0.15, -0.1) is 18.3 Å². The number of alkyl halides is 3. The zero-order valence-electron chi connectivity index (χ0n) is 18.0. The summed E-state index contributed by atoms with van der Waals surface area (Å²) in [5, 5.41) is 14.0. The molecule has 3 aromatic rings. The van der Waals surface area contributed by atoms with E-state index in [0.717, 1.165) is 42.7 Å². The Kier molecular flexibility index (Phi) is 7.22. The molecular weight excluding hydrogens is 473 g/mol.